The lowest BCUT2D eigenvalue weighted by atomic mass is 9.91. The first-order valence-electron chi connectivity index (χ1n) is 5.18. The predicted molar refractivity (Wildman–Crippen MR) is 54.9 cm³/mol. The highest BCUT2D eigenvalue weighted by atomic mass is 15.4. The molecule has 1 aliphatic carbocycles. The van der Waals surface area contributed by atoms with E-state index in [1.54, 1.807) is 0 Å². The molecule has 74 valence electrons. The van der Waals surface area contributed by atoms with E-state index in [0.29, 0.717) is 0 Å². The van der Waals surface area contributed by atoms with Crippen molar-refractivity contribution in [3.63, 3.8) is 0 Å². The zero-order valence-electron chi connectivity index (χ0n) is 8.82. The highest BCUT2D eigenvalue weighted by Gasteiger charge is 2.40. The van der Waals surface area contributed by atoms with Gasteiger partial charge in [-0.05, 0) is 12.8 Å². The Balaban J connectivity index is 2.22. The van der Waals surface area contributed by atoms with Crippen molar-refractivity contribution in [3.05, 3.63) is 0 Å². The molecule has 0 aromatic rings. The van der Waals surface area contributed by atoms with Gasteiger partial charge in [0.25, 0.3) is 0 Å². The van der Waals surface area contributed by atoms with Crippen LogP contribution in [-0.4, -0.2) is 49.0 Å². The summed E-state index contributed by atoms with van der Waals surface area (Å²) in [5.41, 5.74) is 0. The van der Waals surface area contributed by atoms with Gasteiger partial charge in [-0.1, -0.05) is 12.8 Å². The monoisotopic (exact) mass is 181 g/mol. The van der Waals surface area contributed by atoms with Gasteiger partial charge >= 0.3 is 0 Å². The highest BCUT2D eigenvalue weighted by Crippen LogP contribution is 2.31. The molecule has 0 unspecified atom stereocenters. The predicted octanol–water partition coefficient (Wildman–Crippen LogP) is 1.16. The van der Waals surface area contributed by atoms with Crippen molar-refractivity contribution in [2.24, 2.45) is 4.99 Å². The molecule has 2 aliphatic rings. The lowest BCUT2D eigenvalue weighted by molar-refractivity contribution is 0.233. The first-order chi connectivity index (χ1) is 6.25. The van der Waals surface area contributed by atoms with Gasteiger partial charge in [-0.15, -0.1) is 0 Å². The van der Waals surface area contributed by atoms with Crippen LogP contribution in [0.2, 0.25) is 0 Å². The number of rotatable bonds is 0. The molecule has 1 saturated carbocycles. The molecule has 0 amide bonds. The van der Waals surface area contributed by atoms with Crippen molar-refractivity contribution >= 4 is 5.96 Å². The minimum Gasteiger partial charge on any atom is -0.341 e. The van der Waals surface area contributed by atoms with E-state index in [0.717, 1.165) is 18.0 Å². The minimum absolute atomic E-state index is 0.720. The molecular weight excluding hydrogens is 162 g/mol. The summed E-state index contributed by atoms with van der Waals surface area (Å²) in [7, 11) is 6.24. The highest BCUT2D eigenvalue weighted by molar-refractivity contribution is 5.82. The maximum Gasteiger partial charge on any atom is 0.196 e. The van der Waals surface area contributed by atoms with Crippen LogP contribution in [0, 0.1) is 0 Å². The molecule has 1 aliphatic heterocycles. The Bertz CT molecular complexity index is 204. The van der Waals surface area contributed by atoms with Crippen LogP contribution >= 0.6 is 0 Å². The largest absolute Gasteiger partial charge is 0.341 e. The molecule has 2 fully saturated rings. The average molecular weight is 181 g/mol. The summed E-state index contributed by atoms with van der Waals surface area (Å²) >= 11 is 0. The zero-order chi connectivity index (χ0) is 9.42. The molecular formula is C10H19N3. The summed E-state index contributed by atoms with van der Waals surface area (Å²) in [5, 5.41) is 0. The smallest absolute Gasteiger partial charge is 0.196 e. The van der Waals surface area contributed by atoms with Crippen LogP contribution in [0.3, 0.4) is 0 Å². The van der Waals surface area contributed by atoms with E-state index in [1.165, 1.54) is 25.7 Å². The van der Waals surface area contributed by atoms with Crippen LogP contribution in [0.1, 0.15) is 25.7 Å². The third-order valence-corrected chi connectivity index (χ3v) is 3.52. The van der Waals surface area contributed by atoms with E-state index >= 15 is 0 Å². The lowest BCUT2D eigenvalue weighted by Crippen LogP contribution is -2.37. The van der Waals surface area contributed by atoms with Crippen molar-refractivity contribution in [2.45, 2.75) is 37.8 Å². The standard InChI is InChI=1S/C10H19N3/c1-11-10-12(2)8-6-4-5-7-9(8)13(10)3/h8-9H,4-7H2,1-3H3/b11-10-/t8-,9+/m1/s1. The molecule has 1 heterocycles. The number of likely N-dealkylation sites (N-methyl/N-ethyl adjacent to an activating group) is 2. The number of guanidine groups is 1. The second kappa shape index (κ2) is 3.20. The van der Waals surface area contributed by atoms with Gasteiger partial charge in [-0.3, -0.25) is 4.99 Å². The zero-order valence-corrected chi connectivity index (χ0v) is 8.82. The Morgan fingerprint density at radius 3 is 1.92 bits per heavy atom. The molecule has 3 heteroatoms. The van der Waals surface area contributed by atoms with Crippen LogP contribution in [0.5, 0.6) is 0 Å². The Morgan fingerprint density at radius 1 is 1.08 bits per heavy atom. The van der Waals surface area contributed by atoms with E-state index in [2.05, 4.69) is 28.9 Å². The van der Waals surface area contributed by atoms with Gasteiger partial charge in [-0.2, -0.15) is 0 Å². The molecule has 0 spiro atoms. The Hall–Kier alpha value is -0.730. The van der Waals surface area contributed by atoms with Gasteiger partial charge < -0.3 is 9.80 Å². The van der Waals surface area contributed by atoms with Crippen molar-refractivity contribution in [3.8, 4) is 0 Å². The van der Waals surface area contributed by atoms with E-state index in [4.69, 9.17) is 0 Å². The van der Waals surface area contributed by atoms with Crippen LogP contribution in [0.15, 0.2) is 4.99 Å². The van der Waals surface area contributed by atoms with Crippen LogP contribution < -0.4 is 0 Å². The Labute approximate surface area is 80.4 Å². The van der Waals surface area contributed by atoms with Gasteiger partial charge in [0.2, 0.25) is 0 Å². The second-order valence-electron chi connectivity index (χ2n) is 4.16. The molecule has 0 N–H and O–H groups in total. The van der Waals surface area contributed by atoms with Crippen LogP contribution in [-0.2, 0) is 0 Å². The second-order valence-corrected chi connectivity index (χ2v) is 4.16. The van der Waals surface area contributed by atoms with Crippen molar-refractivity contribution in [1.82, 2.24) is 9.80 Å². The summed E-state index contributed by atoms with van der Waals surface area (Å²) in [5.74, 6) is 1.16. The molecule has 0 bridgehead atoms. The first-order valence-corrected chi connectivity index (χ1v) is 5.18. The molecule has 13 heavy (non-hydrogen) atoms. The maximum absolute atomic E-state index is 4.34. The summed E-state index contributed by atoms with van der Waals surface area (Å²) in [4.78, 5) is 9.04. The summed E-state index contributed by atoms with van der Waals surface area (Å²) in [6, 6.07) is 1.44. The van der Waals surface area contributed by atoms with Crippen molar-refractivity contribution < 1.29 is 0 Å². The van der Waals surface area contributed by atoms with Gasteiger partial charge in [0, 0.05) is 21.1 Å². The quantitative estimate of drug-likeness (QED) is 0.558. The third kappa shape index (κ3) is 1.21. The maximum atomic E-state index is 4.34. The number of hydrogen-bond acceptors (Lipinski definition) is 1. The summed E-state index contributed by atoms with van der Waals surface area (Å²) in [6.07, 6.45) is 5.45. The van der Waals surface area contributed by atoms with Crippen molar-refractivity contribution in [1.29, 1.82) is 0 Å². The lowest BCUT2D eigenvalue weighted by Gasteiger charge is -2.29. The molecule has 3 nitrogen and oxygen atoms in total. The summed E-state index contributed by atoms with van der Waals surface area (Å²) in [6.45, 7) is 0. The SMILES string of the molecule is C/N=C1/N(C)[C@@H]2CCCC[C@@H]2N1C. The summed E-state index contributed by atoms with van der Waals surface area (Å²) < 4.78 is 0. The van der Waals surface area contributed by atoms with Gasteiger partial charge in [-0.25, -0.2) is 0 Å². The van der Waals surface area contributed by atoms with Gasteiger partial charge in [0.05, 0.1) is 12.1 Å². The third-order valence-electron chi connectivity index (χ3n) is 3.52. The first kappa shape index (κ1) is 8.85. The number of hydrogen-bond donors (Lipinski definition) is 0. The fourth-order valence-electron chi connectivity index (χ4n) is 2.86. The fraction of sp³-hybridized carbons (Fsp3) is 0.900. The molecule has 2 rings (SSSR count). The van der Waals surface area contributed by atoms with E-state index in [1.807, 2.05) is 7.05 Å². The molecule has 0 aromatic carbocycles. The van der Waals surface area contributed by atoms with E-state index in [-0.39, 0.29) is 0 Å². The van der Waals surface area contributed by atoms with E-state index < -0.39 is 0 Å². The molecule has 0 radical (unpaired) electrons. The minimum atomic E-state index is 0.720. The number of fused-ring (bicyclic) bond motifs is 1. The number of aliphatic imine (C=N–C) groups is 1. The van der Waals surface area contributed by atoms with Gasteiger partial charge in [0.1, 0.15) is 0 Å². The molecule has 1 saturated heterocycles. The van der Waals surface area contributed by atoms with E-state index in [9.17, 15) is 0 Å². The van der Waals surface area contributed by atoms with Crippen molar-refractivity contribution in [2.75, 3.05) is 21.1 Å². The average Bonchev–Trinajstić information content (AvgIpc) is 2.41. The number of nitrogens with zero attached hydrogens (tertiary/aromatic N) is 3. The Morgan fingerprint density at radius 2 is 1.54 bits per heavy atom. The van der Waals surface area contributed by atoms with Crippen LogP contribution in [0.25, 0.3) is 0 Å². The Kier molecular flexibility index (Phi) is 2.18. The van der Waals surface area contributed by atoms with Crippen LogP contribution in [0.4, 0.5) is 0 Å². The fourth-order valence-corrected chi connectivity index (χ4v) is 2.86. The molecule has 0 aromatic heterocycles. The molecule has 2 atom stereocenters. The normalized spacial score (nSPS) is 37.0. The topological polar surface area (TPSA) is 18.8 Å². The van der Waals surface area contributed by atoms with Gasteiger partial charge in [0.15, 0.2) is 5.96 Å².